The van der Waals surface area contributed by atoms with Gasteiger partial charge in [0.15, 0.2) is 0 Å². The number of hydrogen-bond acceptors (Lipinski definition) is 5. The zero-order valence-electron chi connectivity index (χ0n) is 11.5. The van der Waals surface area contributed by atoms with Gasteiger partial charge in [-0.15, -0.1) is 0 Å². The molecule has 0 fully saturated rings. The first-order valence-electron chi connectivity index (χ1n) is 5.81. The zero-order chi connectivity index (χ0) is 13.4. The van der Waals surface area contributed by atoms with Gasteiger partial charge in [0.1, 0.15) is 5.78 Å². The van der Waals surface area contributed by atoms with Gasteiger partial charge in [0.05, 0.1) is 39.6 Å². The summed E-state index contributed by atoms with van der Waals surface area (Å²) in [5.74, 6) is 0.255. The maximum absolute atomic E-state index is 9.81. The van der Waals surface area contributed by atoms with E-state index in [1.54, 1.807) is 21.1 Å². The topological polar surface area (TPSA) is 54.0 Å². The highest BCUT2D eigenvalue weighted by molar-refractivity contribution is 5.74. The lowest BCUT2D eigenvalue weighted by molar-refractivity contribution is -0.116. The molecule has 0 heterocycles. The van der Waals surface area contributed by atoms with Crippen molar-refractivity contribution in [1.82, 2.24) is 0 Å². The van der Waals surface area contributed by atoms with Gasteiger partial charge in [-0.2, -0.15) is 0 Å². The molecule has 0 aliphatic heterocycles. The molecular weight excluding hydrogens is 224 g/mol. The van der Waals surface area contributed by atoms with Crippen LogP contribution in [0.15, 0.2) is 0 Å². The van der Waals surface area contributed by atoms with E-state index in [9.17, 15) is 4.79 Å². The highest BCUT2D eigenvalue weighted by atomic mass is 16.5. The van der Waals surface area contributed by atoms with Crippen molar-refractivity contribution in [2.45, 2.75) is 20.3 Å². The fourth-order valence-corrected chi connectivity index (χ4v) is 0.606. The molecule has 0 aromatic rings. The van der Waals surface area contributed by atoms with Crippen molar-refractivity contribution in [2.75, 3.05) is 53.9 Å². The number of ketones is 1. The number of carbonyl (C=O) groups is 1. The van der Waals surface area contributed by atoms with Crippen LogP contribution in [0.4, 0.5) is 0 Å². The molecule has 104 valence electrons. The smallest absolute Gasteiger partial charge is 0.129 e. The fourth-order valence-electron chi connectivity index (χ4n) is 0.606. The van der Waals surface area contributed by atoms with Crippen molar-refractivity contribution >= 4 is 5.78 Å². The summed E-state index contributed by atoms with van der Waals surface area (Å²) in [6.45, 7) is 7.20. The molecule has 5 nitrogen and oxygen atoms in total. The van der Waals surface area contributed by atoms with Crippen LogP contribution in [0, 0.1) is 0 Å². The summed E-state index contributed by atoms with van der Waals surface area (Å²) in [6, 6.07) is 0. The van der Waals surface area contributed by atoms with Crippen LogP contribution in [-0.4, -0.2) is 59.6 Å². The van der Waals surface area contributed by atoms with Crippen LogP contribution in [0.5, 0.6) is 0 Å². The molecule has 5 heteroatoms. The molecule has 0 rings (SSSR count). The first kappa shape index (κ1) is 18.9. The summed E-state index contributed by atoms with van der Waals surface area (Å²) in [5, 5.41) is 0. The minimum absolute atomic E-state index is 0.255. The molecule has 0 unspecified atom stereocenters. The van der Waals surface area contributed by atoms with Gasteiger partial charge in [-0.25, -0.2) is 0 Å². The van der Waals surface area contributed by atoms with E-state index < -0.39 is 0 Å². The Morgan fingerprint density at radius 3 is 1.35 bits per heavy atom. The quantitative estimate of drug-likeness (QED) is 0.547. The molecule has 0 aliphatic rings. The largest absolute Gasteiger partial charge is 0.382 e. The summed E-state index contributed by atoms with van der Waals surface area (Å²) in [6.07, 6.45) is 0.667. The Morgan fingerprint density at radius 1 is 0.824 bits per heavy atom. The van der Waals surface area contributed by atoms with Crippen LogP contribution in [0.3, 0.4) is 0 Å². The first-order chi connectivity index (χ1) is 8.18. The van der Waals surface area contributed by atoms with Crippen molar-refractivity contribution in [3.63, 3.8) is 0 Å². The number of ether oxygens (including phenoxy) is 4. The third kappa shape index (κ3) is 25.6. The molecule has 0 saturated heterocycles. The van der Waals surface area contributed by atoms with Gasteiger partial charge in [0, 0.05) is 20.6 Å². The molecule has 17 heavy (non-hydrogen) atoms. The Balaban J connectivity index is 0. The summed E-state index contributed by atoms with van der Waals surface area (Å²) in [7, 11) is 3.30. The van der Waals surface area contributed by atoms with Crippen LogP contribution >= 0.6 is 0 Å². The SMILES string of the molecule is CCC(C)=O.COCCOCCOCCOC. The van der Waals surface area contributed by atoms with Crippen LogP contribution in [-0.2, 0) is 23.7 Å². The molecule has 0 radical (unpaired) electrons. The molecular formula is C12H26O5. The Morgan fingerprint density at radius 2 is 1.12 bits per heavy atom. The average Bonchev–Trinajstić information content (AvgIpc) is 2.33. The minimum atomic E-state index is 0.255. The number of Topliss-reactive ketones (excluding diaryl/α,β-unsaturated/α-hetero) is 1. The number of carbonyl (C=O) groups excluding carboxylic acids is 1. The van der Waals surface area contributed by atoms with E-state index in [1.807, 2.05) is 6.92 Å². The lowest BCUT2D eigenvalue weighted by atomic mass is 10.4. The maximum Gasteiger partial charge on any atom is 0.129 e. The number of hydrogen-bond donors (Lipinski definition) is 0. The summed E-state index contributed by atoms with van der Waals surface area (Å²) < 4.78 is 19.9. The van der Waals surface area contributed by atoms with E-state index in [-0.39, 0.29) is 5.78 Å². The molecule has 0 aromatic heterocycles. The van der Waals surface area contributed by atoms with Gasteiger partial charge < -0.3 is 23.7 Å². The third-order valence-corrected chi connectivity index (χ3v) is 1.73. The van der Waals surface area contributed by atoms with Crippen molar-refractivity contribution in [3.05, 3.63) is 0 Å². The van der Waals surface area contributed by atoms with Crippen LogP contribution < -0.4 is 0 Å². The van der Waals surface area contributed by atoms with E-state index in [2.05, 4.69) is 0 Å². The van der Waals surface area contributed by atoms with Crippen LogP contribution in [0.1, 0.15) is 20.3 Å². The lowest BCUT2D eigenvalue weighted by Gasteiger charge is -2.04. The van der Waals surface area contributed by atoms with E-state index in [1.165, 1.54) is 0 Å². The summed E-state index contributed by atoms with van der Waals surface area (Å²) in [4.78, 5) is 9.81. The van der Waals surface area contributed by atoms with Crippen molar-refractivity contribution in [2.24, 2.45) is 0 Å². The van der Waals surface area contributed by atoms with E-state index in [4.69, 9.17) is 18.9 Å². The molecule has 0 bridgehead atoms. The van der Waals surface area contributed by atoms with Gasteiger partial charge in [-0.3, -0.25) is 0 Å². The van der Waals surface area contributed by atoms with Gasteiger partial charge in [-0.1, -0.05) is 6.92 Å². The maximum atomic E-state index is 9.81. The summed E-state index contributed by atoms with van der Waals surface area (Å²) >= 11 is 0. The highest BCUT2D eigenvalue weighted by Gasteiger charge is 1.88. The van der Waals surface area contributed by atoms with Gasteiger partial charge in [-0.05, 0) is 6.92 Å². The Bertz CT molecular complexity index is 140. The van der Waals surface area contributed by atoms with Crippen LogP contribution in [0.2, 0.25) is 0 Å². The Hall–Kier alpha value is -0.490. The van der Waals surface area contributed by atoms with E-state index in [0.717, 1.165) is 0 Å². The molecule has 0 atom stereocenters. The van der Waals surface area contributed by atoms with E-state index in [0.29, 0.717) is 46.1 Å². The fraction of sp³-hybridized carbons (Fsp3) is 0.917. The standard InChI is InChI=1S/C8H18O4.C4H8O/c1-9-3-5-11-7-8-12-6-4-10-2;1-3-4(2)5/h3-8H2,1-2H3;3H2,1-2H3. The second-order valence-corrected chi connectivity index (χ2v) is 3.27. The normalized spacial score (nSPS) is 9.65. The molecule has 0 spiro atoms. The summed E-state index contributed by atoms with van der Waals surface area (Å²) in [5.41, 5.74) is 0. The van der Waals surface area contributed by atoms with Crippen LogP contribution in [0.25, 0.3) is 0 Å². The zero-order valence-corrected chi connectivity index (χ0v) is 11.5. The molecule has 0 N–H and O–H groups in total. The van der Waals surface area contributed by atoms with Gasteiger partial charge >= 0.3 is 0 Å². The van der Waals surface area contributed by atoms with Gasteiger partial charge in [0.2, 0.25) is 0 Å². The van der Waals surface area contributed by atoms with Crippen molar-refractivity contribution in [3.8, 4) is 0 Å². The first-order valence-corrected chi connectivity index (χ1v) is 5.81. The van der Waals surface area contributed by atoms with Gasteiger partial charge in [0.25, 0.3) is 0 Å². The second-order valence-electron chi connectivity index (χ2n) is 3.27. The Labute approximate surface area is 104 Å². The second kappa shape index (κ2) is 17.9. The number of methoxy groups -OCH3 is 2. The third-order valence-electron chi connectivity index (χ3n) is 1.73. The predicted molar refractivity (Wildman–Crippen MR) is 66.4 cm³/mol. The van der Waals surface area contributed by atoms with Crippen molar-refractivity contribution < 1.29 is 23.7 Å². The van der Waals surface area contributed by atoms with E-state index >= 15 is 0 Å². The van der Waals surface area contributed by atoms with Crippen molar-refractivity contribution in [1.29, 1.82) is 0 Å². The average molecular weight is 250 g/mol. The monoisotopic (exact) mass is 250 g/mol. The molecule has 0 amide bonds. The molecule has 0 aromatic carbocycles. The number of rotatable bonds is 10. The predicted octanol–water partition coefficient (Wildman–Crippen LogP) is 1.30. The highest BCUT2D eigenvalue weighted by Crippen LogP contribution is 1.79. The molecule has 0 aliphatic carbocycles. The minimum Gasteiger partial charge on any atom is -0.382 e. The Kier molecular flexibility index (Phi) is 19.9. The molecule has 0 saturated carbocycles. The lowest BCUT2D eigenvalue weighted by Crippen LogP contribution is -2.10.